The van der Waals surface area contributed by atoms with Gasteiger partial charge in [-0.1, -0.05) is 0 Å². The highest BCUT2D eigenvalue weighted by atomic mass is 32.2. The highest BCUT2D eigenvalue weighted by Gasteiger charge is 2.08. The first-order valence-corrected chi connectivity index (χ1v) is 11.3. The predicted octanol–water partition coefficient (Wildman–Crippen LogP) is 5.36. The van der Waals surface area contributed by atoms with E-state index in [2.05, 4.69) is 74.4 Å². The highest BCUT2D eigenvalue weighted by molar-refractivity contribution is 7.99. The van der Waals surface area contributed by atoms with Crippen molar-refractivity contribution < 1.29 is 0 Å². The summed E-state index contributed by atoms with van der Waals surface area (Å²) >= 11 is 5.80. The Balaban J connectivity index is 1.82. The molecule has 0 aliphatic carbocycles. The molecule has 1 aromatic heterocycles. The first kappa shape index (κ1) is 19.1. The van der Waals surface area contributed by atoms with E-state index >= 15 is 0 Å². The third-order valence-electron chi connectivity index (χ3n) is 4.03. The molecule has 1 heterocycles. The lowest BCUT2D eigenvalue weighted by Crippen LogP contribution is -2.14. The van der Waals surface area contributed by atoms with Gasteiger partial charge in [0, 0.05) is 54.6 Å². The quantitative estimate of drug-likeness (QED) is 0.477. The Morgan fingerprint density at radius 2 is 1.16 bits per heavy atom. The van der Waals surface area contributed by atoms with Crippen LogP contribution in [0.15, 0.2) is 46.2 Å². The fraction of sp³-hybridized carbons (Fsp3) is 0.400. The summed E-state index contributed by atoms with van der Waals surface area (Å²) in [5.74, 6) is 2.26. The van der Waals surface area contributed by atoms with Crippen molar-refractivity contribution in [3.05, 3.63) is 36.4 Å². The molecule has 0 fully saturated rings. The van der Waals surface area contributed by atoms with Crippen LogP contribution in [0.1, 0.15) is 0 Å². The Labute approximate surface area is 163 Å². The summed E-state index contributed by atoms with van der Waals surface area (Å²) in [4.78, 5) is 7.23. The van der Waals surface area contributed by atoms with Gasteiger partial charge in [-0.05, 0) is 64.6 Å². The summed E-state index contributed by atoms with van der Waals surface area (Å²) in [6.45, 7) is 2.22. The molecule has 3 aromatic rings. The van der Waals surface area contributed by atoms with Crippen LogP contribution < -0.4 is 0 Å². The van der Waals surface area contributed by atoms with E-state index in [-0.39, 0.29) is 0 Å². The van der Waals surface area contributed by atoms with Crippen molar-refractivity contribution in [2.45, 2.75) is 9.79 Å². The molecule has 0 atom stereocenters. The molecule has 25 heavy (non-hydrogen) atoms. The van der Waals surface area contributed by atoms with Crippen molar-refractivity contribution in [2.75, 3.05) is 52.8 Å². The zero-order valence-corrected chi connectivity index (χ0v) is 17.9. The van der Waals surface area contributed by atoms with Crippen LogP contribution in [0.25, 0.3) is 20.2 Å². The van der Waals surface area contributed by atoms with E-state index < -0.39 is 0 Å². The molecule has 0 spiro atoms. The van der Waals surface area contributed by atoms with Gasteiger partial charge in [-0.3, -0.25) is 0 Å². The van der Waals surface area contributed by atoms with E-state index in [0.29, 0.717) is 0 Å². The number of fused-ring (bicyclic) bond motifs is 3. The predicted molar refractivity (Wildman–Crippen MR) is 118 cm³/mol. The van der Waals surface area contributed by atoms with Crippen LogP contribution in [-0.4, -0.2) is 62.6 Å². The van der Waals surface area contributed by atoms with Gasteiger partial charge in [-0.15, -0.1) is 34.9 Å². The molecule has 0 saturated carbocycles. The minimum atomic E-state index is 1.11. The Hall–Kier alpha value is -0.720. The molecule has 2 aromatic carbocycles. The smallest absolute Gasteiger partial charge is 0.0356 e. The molecule has 0 N–H and O–H groups in total. The van der Waals surface area contributed by atoms with Crippen LogP contribution >= 0.6 is 34.9 Å². The second-order valence-electron chi connectivity index (χ2n) is 6.72. The minimum Gasteiger partial charge on any atom is -0.309 e. The summed E-state index contributed by atoms with van der Waals surface area (Å²) in [7, 11) is 8.52. The number of hydrogen-bond donors (Lipinski definition) is 0. The summed E-state index contributed by atoms with van der Waals surface area (Å²) in [6.07, 6.45) is 0. The van der Waals surface area contributed by atoms with Gasteiger partial charge < -0.3 is 9.80 Å². The second-order valence-corrected chi connectivity index (χ2v) is 10.1. The summed E-state index contributed by atoms with van der Waals surface area (Å²) in [5, 5.41) is 2.81. The molecule has 0 amide bonds. The second kappa shape index (κ2) is 8.78. The molecule has 0 aliphatic heterocycles. The van der Waals surface area contributed by atoms with Gasteiger partial charge in [-0.25, -0.2) is 0 Å². The number of thiophene rings is 1. The number of nitrogens with zero attached hydrogens (tertiary/aromatic N) is 2. The third-order valence-corrected chi connectivity index (χ3v) is 7.13. The van der Waals surface area contributed by atoms with E-state index in [0.717, 1.165) is 24.6 Å². The van der Waals surface area contributed by atoms with E-state index in [1.165, 1.54) is 30.0 Å². The average Bonchev–Trinajstić information content (AvgIpc) is 2.92. The van der Waals surface area contributed by atoms with Crippen molar-refractivity contribution in [3.8, 4) is 0 Å². The lowest BCUT2D eigenvalue weighted by atomic mass is 10.1. The van der Waals surface area contributed by atoms with Crippen LogP contribution in [-0.2, 0) is 0 Å². The van der Waals surface area contributed by atoms with Crippen LogP contribution in [0.2, 0.25) is 0 Å². The molecule has 0 saturated heterocycles. The number of benzene rings is 2. The normalized spacial score (nSPS) is 12.1. The largest absolute Gasteiger partial charge is 0.309 e. The molecule has 134 valence electrons. The Morgan fingerprint density at radius 3 is 1.56 bits per heavy atom. The van der Waals surface area contributed by atoms with Gasteiger partial charge in [0.2, 0.25) is 0 Å². The van der Waals surface area contributed by atoms with Crippen molar-refractivity contribution in [1.29, 1.82) is 0 Å². The zero-order valence-electron chi connectivity index (χ0n) is 15.4. The maximum atomic E-state index is 2.38. The Bertz CT molecular complexity index is 771. The van der Waals surface area contributed by atoms with Crippen LogP contribution in [0.4, 0.5) is 0 Å². The molecule has 3 rings (SSSR count). The molecule has 0 radical (unpaired) electrons. The molecular formula is C20H26N2S3. The van der Waals surface area contributed by atoms with Gasteiger partial charge >= 0.3 is 0 Å². The van der Waals surface area contributed by atoms with E-state index in [1.807, 2.05) is 34.9 Å². The van der Waals surface area contributed by atoms with Gasteiger partial charge in [0.05, 0.1) is 0 Å². The van der Waals surface area contributed by atoms with Crippen LogP contribution in [0.5, 0.6) is 0 Å². The standard InChI is InChI=1S/C20H26N2S3/c1-21(2)9-11-23-15-5-7-19-17(13-15)18-14-16(6-8-20(18)25-19)24-12-10-22(3)4/h5-8,13-14H,9-12H2,1-4H3. The van der Waals surface area contributed by atoms with Gasteiger partial charge in [0.15, 0.2) is 0 Å². The summed E-state index contributed by atoms with van der Waals surface area (Å²) in [6, 6.07) is 13.9. The summed E-state index contributed by atoms with van der Waals surface area (Å²) in [5.41, 5.74) is 0. The number of thioether (sulfide) groups is 2. The minimum absolute atomic E-state index is 1.11. The fourth-order valence-electron chi connectivity index (χ4n) is 2.61. The summed E-state index contributed by atoms with van der Waals surface area (Å²) < 4.78 is 2.78. The first-order valence-electron chi connectivity index (χ1n) is 8.54. The zero-order chi connectivity index (χ0) is 17.8. The number of rotatable bonds is 8. The van der Waals surface area contributed by atoms with E-state index in [9.17, 15) is 0 Å². The highest BCUT2D eigenvalue weighted by Crippen LogP contribution is 2.38. The molecule has 0 aliphatic rings. The van der Waals surface area contributed by atoms with E-state index in [1.54, 1.807) is 0 Å². The average molecular weight is 391 g/mol. The Kier molecular flexibility index (Phi) is 6.69. The van der Waals surface area contributed by atoms with Gasteiger partial charge in [-0.2, -0.15) is 0 Å². The third kappa shape index (κ3) is 5.14. The SMILES string of the molecule is CN(C)CCSc1ccc2sc3ccc(SCCN(C)C)cc3c2c1. The van der Waals surface area contributed by atoms with Gasteiger partial charge in [0.1, 0.15) is 0 Å². The van der Waals surface area contributed by atoms with Crippen molar-refractivity contribution in [3.63, 3.8) is 0 Å². The van der Waals surface area contributed by atoms with E-state index in [4.69, 9.17) is 0 Å². The van der Waals surface area contributed by atoms with Crippen molar-refractivity contribution >= 4 is 55.0 Å². The molecular weight excluding hydrogens is 364 g/mol. The fourth-order valence-corrected chi connectivity index (χ4v) is 5.79. The monoisotopic (exact) mass is 390 g/mol. The maximum absolute atomic E-state index is 2.38. The number of hydrogen-bond acceptors (Lipinski definition) is 5. The lowest BCUT2D eigenvalue weighted by molar-refractivity contribution is 0.437. The lowest BCUT2D eigenvalue weighted by Gasteiger charge is -2.09. The van der Waals surface area contributed by atoms with Crippen molar-refractivity contribution in [1.82, 2.24) is 9.80 Å². The van der Waals surface area contributed by atoms with Gasteiger partial charge in [0.25, 0.3) is 0 Å². The molecule has 2 nitrogen and oxygen atoms in total. The topological polar surface area (TPSA) is 6.48 Å². The van der Waals surface area contributed by atoms with Crippen LogP contribution in [0.3, 0.4) is 0 Å². The Morgan fingerprint density at radius 1 is 0.720 bits per heavy atom. The molecule has 0 bridgehead atoms. The maximum Gasteiger partial charge on any atom is 0.0356 e. The van der Waals surface area contributed by atoms with Crippen LogP contribution in [0, 0.1) is 0 Å². The van der Waals surface area contributed by atoms with Crippen molar-refractivity contribution in [2.24, 2.45) is 0 Å². The molecule has 0 unspecified atom stereocenters. The molecule has 5 heteroatoms. The first-order chi connectivity index (χ1) is 12.0.